The highest BCUT2D eigenvalue weighted by Crippen LogP contribution is 2.19. The fraction of sp³-hybridized carbons (Fsp3) is 0.474. The van der Waals surface area contributed by atoms with Crippen LogP contribution in [0.3, 0.4) is 0 Å². The number of carboxylic acids is 1. The number of nitrogens with one attached hydrogen (secondary N) is 1. The van der Waals surface area contributed by atoms with Crippen LogP contribution in [0, 0.1) is 13.8 Å². The number of unbranched alkanes of at least 4 members (excludes halogenated alkanes) is 1. The summed E-state index contributed by atoms with van der Waals surface area (Å²) in [6.07, 6.45) is 5.51. The summed E-state index contributed by atoms with van der Waals surface area (Å²) in [5.41, 5.74) is 2.24. The summed E-state index contributed by atoms with van der Waals surface area (Å²) in [6.45, 7) is 6.37. The van der Waals surface area contributed by atoms with Crippen molar-refractivity contribution in [2.45, 2.75) is 52.5 Å². The second-order valence-corrected chi connectivity index (χ2v) is 5.84. The number of hydrogen-bond donors (Lipinski definition) is 2. The van der Waals surface area contributed by atoms with E-state index in [0.717, 1.165) is 23.3 Å². The molecule has 0 spiro atoms. The van der Waals surface area contributed by atoms with E-state index in [1.165, 1.54) is 0 Å². The van der Waals surface area contributed by atoms with E-state index < -0.39 is 12.0 Å². The lowest BCUT2D eigenvalue weighted by atomic mass is 10.1. The van der Waals surface area contributed by atoms with Gasteiger partial charge in [0.15, 0.2) is 0 Å². The summed E-state index contributed by atoms with van der Waals surface area (Å²) in [6, 6.07) is 5.20. The molecule has 0 radical (unpaired) electrons. The second-order valence-electron chi connectivity index (χ2n) is 5.84. The highest BCUT2D eigenvalue weighted by molar-refractivity contribution is 5.83. The van der Waals surface area contributed by atoms with Gasteiger partial charge in [0.1, 0.15) is 11.8 Å². The summed E-state index contributed by atoms with van der Waals surface area (Å²) in [4.78, 5) is 22.9. The Bertz CT molecular complexity index is 581. The number of carboxylic acid groups (broad SMARTS) is 1. The van der Waals surface area contributed by atoms with Crippen molar-refractivity contribution in [2.75, 3.05) is 6.61 Å². The first-order valence-electron chi connectivity index (χ1n) is 8.27. The lowest BCUT2D eigenvalue weighted by molar-refractivity contribution is -0.141. The second kappa shape index (κ2) is 10.5. The first-order chi connectivity index (χ1) is 11.4. The fourth-order valence-electron chi connectivity index (χ4n) is 2.19. The molecular formula is C19H27NO4. The van der Waals surface area contributed by atoms with E-state index in [9.17, 15) is 9.59 Å². The lowest BCUT2D eigenvalue weighted by Gasteiger charge is -2.13. The molecule has 0 bridgehead atoms. The normalized spacial score (nSPS) is 12.1. The highest BCUT2D eigenvalue weighted by atomic mass is 16.5. The fourth-order valence-corrected chi connectivity index (χ4v) is 2.19. The standard InChI is InChI=1S/C19H27NO4/c1-4-5-8-16(19(22)23)20-18(21)9-6-7-12-24-17-13-14(2)10-11-15(17)3/h4-5,10-11,13,16H,6-9,12H2,1-3H3,(H,20,21)(H,22,23)/b5-4+. The van der Waals surface area contributed by atoms with Crippen LogP contribution in [-0.4, -0.2) is 29.6 Å². The molecule has 1 atom stereocenters. The van der Waals surface area contributed by atoms with E-state index in [0.29, 0.717) is 25.9 Å². The van der Waals surface area contributed by atoms with E-state index in [2.05, 4.69) is 5.32 Å². The Balaban J connectivity index is 2.27. The SMILES string of the molecule is C/C=C/CC(NC(=O)CCCCOc1cc(C)ccc1C)C(=O)O. The number of ether oxygens (including phenoxy) is 1. The van der Waals surface area contributed by atoms with Gasteiger partial charge in [0, 0.05) is 6.42 Å². The van der Waals surface area contributed by atoms with Crippen molar-refractivity contribution in [1.82, 2.24) is 5.32 Å². The molecule has 24 heavy (non-hydrogen) atoms. The van der Waals surface area contributed by atoms with Crippen LogP contribution in [0.25, 0.3) is 0 Å². The van der Waals surface area contributed by atoms with E-state index in [4.69, 9.17) is 9.84 Å². The first-order valence-corrected chi connectivity index (χ1v) is 8.27. The molecule has 0 saturated carbocycles. The number of amides is 1. The predicted octanol–water partition coefficient (Wildman–Crippen LogP) is 3.39. The van der Waals surface area contributed by atoms with Gasteiger partial charge in [0.2, 0.25) is 5.91 Å². The number of carbonyl (C=O) groups is 2. The molecule has 0 heterocycles. The summed E-state index contributed by atoms with van der Waals surface area (Å²) in [5.74, 6) is -0.380. The lowest BCUT2D eigenvalue weighted by Crippen LogP contribution is -2.40. The molecule has 132 valence electrons. The van der Waals surface area contributed by atoms with Crippen LogP contribution in [0.4, 0.5) is 0 Å². The van der Waals surface area contributed by atoms with Crippen molar-refractivity contribution in [1.29, 1.82) is 0 Å². The van der Waals surface area contributed by atoms with Crippen LogP contribution in [0.5, 0.6) is 5.75 Å². The van der Waals surface area contributed by atoms with Gasteiger partial charge in [-0.05, 0) is 57.2 Å². The van der Waals surface area contributed by atoms with Crippen LogP contribution < -0.4 is 10.1 Å². The number of allylic oxidation sites excluding steroid dienone is 1. The van der Waals surface area contributed by atoms with Gasteiger partial charge < -0.3 is 15.2 Å². The third-order valence-corrected chi connectivity index (χ3v) is 3.64. The molecule has 2 N–H and O–H groups in total. The largest absolute Gasteiger partial charge is 0.493 e. The maximum absolute atomic E-state index is 11.8. The van der Waals surface area contributed by atoms with E-state index >= 15 is 0 Å². The van der Waals surface area contributed by atoms with Crippen molar-refractivity contribution in [3.05, 3.63) is 41.5 Å². The number of carbonyl (C=O) groups excluding carboxylic acids is 1. The Morgan fingerprint density at radius 2 is 2.04 bits per heavy atom. The Hall–Kier alpha value is -2.30. The quantitative estimate of drug-likeness (QED) is 0.508. The summed E-state index contributed by atoms with van der Waals surface area (Å²) in [7, 11) is 0. The van der Waals surface area contributed by atoms with E-state index in [-0.39, 0.29) is 5.91 Å². The van der Waals surface area contributed by atoms with Gasteiger partial charge in [-0.15, -0.1) is 0 Å². The molecule has 5 nitrogen and oxygen atoms in total. The Morgan fingerprint density at radius 1 is 1.29 bits per heavy atom. The van der Waals surface area contributed by atoms with Crippen LogP contribution in [0.1, 0.15) is 43.7 Å². The Labute approximate surface area is 143 Å². The smallest absolute Gasteiger partial charge is 0.326 e. The van der Waals surface area contributed by atoms with Crippen LogP contribution in [0.15, 0.2) is 30.4 Å². The molecule has 1 amide bonds. The summed E-state index contributed by atoms with van der Waals surface area (Å²) < 4.78 is 5.74. The molecule has 1 rings (SSSR count). The van der Waals surface area contributed by atoms with Crippen LogP contribution in [-0.2, 0) is 9.59 Å². The van der Waals surface area contributed by atoms with Crippen molar-refractivity contribution < 1.29 is 19.4 Å². The zero-order chi connectivity index (χ0) is 17.9. The zero-order valence-electron chi connectivity index (χ0n) is 14.7. The monoisotopic (exact) mass is 333 g/mol. The molecule has 5 heteroatoms. The van der Waals surface area contributed by atoms with Gasteiger partial charge in [-0.1, -0.05) is 24.3 Å². The molecule has 1 aromatic rings. The average molecular weight is 333 g/mol. The number of hydrogen-bond acceptors (Lipinski definition) is 3. The Morgan fingerprint density at radius 3 is 2.71 bits per heavy atom. The maximum atomic E-state index is 11.8. The molecule has 0 aromatic heterocycles. The molecule has 0 fully saturated rings. The minimum absolute atomic E-state index is 0.237. The summed E-state index contributed by atoms with van der Waals surface area (Å²) in [5, 5.41) is 11.6. The van der Waals surface area contributed by atoms with Gasteiger partial charge in [-0.3, -0.25) is 4.79 Å². The molecule has 0 aliphatic heterocycles. The average Bonchev–Trinajstić information content (AvgIpc) is 2.54. The van der Waals surface area contributed by atoms with Crippen molar-refractivity contribution in [3.63, 3.8) is 0 Å². The predicted molar refractivity (Wildman–Crippen MR) is 94.3 cm³/mol. The molecule has 0 aliphatic carbocycles. The van der Waals surface area contributed by atoms with Gasteiger partial charge in [-0.25, -0.2) is 4.79 Å². The number of aliphatic carboxylic acids is 1. The van der Waals surface area contributed by atoms with E-state index in [1.807, 2.05) is 39.0 Å². The highest BCUT2D eigenvalue weighted by Gasteiger charge is 2.17. The molecule has 0 aliphatic rings. The number of benzene rings is 1. The molecule has 0 saturated heterocycles. The van der Waals surface area contributed by atoms with Gasteiger partial charge in [0.05, 0.1) is 6.61 Å². The first kappa shape index (κ1) is 19.7. The van der Waals surface area contributed by atoms with Gasteiger partial charge in [0.25, 0.3) is 0 Å². The van der Waals surface area contributed by atoms with Crippen LogP contribution >= 0.6 is 0 Å². The van der Waals surface area contributed by atoms with Crippen molar-refractivity contribution in [2.24, 2.45) is 0 Å². The maximum Gasteiger partial charge on any atom is 0.326 e. The van der Waals surface area contributed by atoms with Gasteiger partial charge >= 0.3 is 5.97 Å². The molecule has 1 aromatic carbocycles. The van der Waals surface area contributed by atoms with E-state index in [1.54, 1.807) is 12.2 Å². The number of aryl methyl sites for hydroxylation is 2. The minimum Gasteiger partial charge on any atom is -0.493 e. The summed E-state index contributed by atoms with van der Waals surface area (Å²) >= 11 is 0. The number of rotatable bonds is 10. The van der Waals surface area contributed by atoms with Gasteiger partial charge in [-0.2, -0.15) is 0 Å². The third kappa shape index (κ3) is 7.31. The topological polar surface area (TPSA) is 75.6 Å². The molecule has 1 unspecified atom stereocenters. The van der Waals surface area contributed by atoms with Crippen LogP contribution in [0.2, 0.25) is 0 Å². The zero-order valence-corrected chi connectivity index (χ0v) is 14.7. The Kier molecular flexibility index (Phi) is 8.61. The molecular weight excluding hydrogens is 306 g/mol. The van der Waals surface area contributed by atoms with Crippen molar-refractivity contribution >= 4 is 11.9 Å². The van der Waals surface area contributed by atoms with Crippen molar-refractivity contribution in [3.8, 4) is 5.75 Å². The minimum atomic E-state index is -1.01. The third-order valence-electron chi connectivity index (χ3n) is 3.64.